The highest BCUT2D eigenvalue weighted by molar-refractivity contribution is 7.12. The van der Waals surface area contributed by atoms with Crippen LogP contribution in [0.15, 0.2) is 17.5 Å². The summed E-state index contributed by atoms with van der Waals surface area (Å²) in [5, 5.41) is 19.9. The van der Waals surface area contributed by atoms with E-state index in [1.165, 1.54) is 18.3 Å². The molecule has 0 aliphatic heterocycles. The molecule has 2 unspecified atom stereocenters. The fraction of sp³-hybridized carbons (Fsp3) is 0.462. The molecular formula is C13H17NO5S. The first-order valence-electron chi connectivity index (χ1n) is 6.18. The van der Waals surface area contributed by atoms with E-state index in [1.54, 1.807) is 24.4 Å². The van der Waals surface area contributed by atoms with E-state index in [-0.39, 0.29) is 13.0 Å². The summed E-state index contributed by atoms with van der Waals surface area (Å²) in [4.78, 5) is 36.1. The minimum atomic E-state index is -1.13. The average Bonchev–Trinajstić information content (AvgIpc) is 2.90. The van der Waals surface area contributed by atoms with Crippen molar-refractivity contribution >= 4 is 29.2 Å². The van der Waals surface area contributed by atoms with E-state index in [1.807, 2.05) is 0 Å². The second-order valence-electron chi connectivity index (χ2n) is 4.44. The Balaban J connectivity index is 3.03. The van der Waals surface area contributed by atoms with Crippen LogP contribution in [0.5, 0.6) is 0 Å². The highest BCUT2D eigenvalue weighted by Gasteiger charge is 2.31. The quantitative estimate of drug-likeness (QED) is 0.800. The second kappa shape index (κ2) is 7.04. The molecule has 0 saturated heterocycles. The number of hydrogen-bond donors (Lipinski definition) is 2. The summed E-state index contributed by atoms with van der Waals surface area (Å²) in [6.07, 6.45) is 0.221. The molecule has 2 N–H and O–H groups in total. The Morgan fingerprint density at radius 3 is 2.35 bits per heavy atom. The summed E-state index contributed by atoms with van der Waals surface area (Å²) in [5.74, 6) is -3.46. The van der Waals surface area contributed by atoms with Gasteiger partial charge in [-0.3, -0.25) is 9.59 Å². The van der Waals surface area contributed by atoms with E-state index in [0.29, 0.717) is 4.88 Å². The highest BCUT2D eigenvalue weighted by atomic mass is 32.1. The Labute approximate surface area is 120 Å². The lowest BCUT2D eigenvalue weighted by Crippen LogP contribution is -2.47. The van der Waals surface area contributed by atoms with Crippen LogP contribution in [0.1, 0.15) is 29.9 Å². The lowest BCUT2D eigenvalue weighted by Gasteiger charge is -2.29. The zero-order valence-electron chi connectivity index (χ0n) is 11.3. The largest absolute Gasteiger partial charge is 0.481 e. The van der Waals surface area contributed by atoms with Crippen molar-refractivity contribution in [3.63, 3.8) is 0 Å². The monoisotopic (exact) mass is 299 g/mol. The predicted octanol–water partition coefficient (Wildman–Crippen LogP) is 1.77. The van der Waals surface area contributed by atoms with Crippen molar-refractivity contribution in [1.82, 2.24) is 4.90 Å². The van der Waals surface area contributed by atoms with Gasteiger partial charge in [-0.2, -0.15) is 0 Å². The molecule has 0 spiro atoms. The summed E-state index contributed by atoms with van der Waals surface area (Å²) in [5.41, 5.74) is 0. The van der Waals surface area contributed by atoms with Gasteiger partial charge in [-0.15, -0.1) is 11.3 Å². The van der Waals surface area contributed by atoms with Gasteiger partial charge in [-0.1, -0.05) is 19.9 Å². The van der Waals surface area contributed by atoms with Gasteiger partial charge in [0, 0.05) is 6.54 Å². The molecule has 2 atom stereocenters. The number of aliphatic carboxylic acids is 2. The molecule has 0 saturated carbocycles. The lowest BCUT2D eigenvalue weighted by molar-refractivity contribution is -0.146. The summed E-state index contributed by atoms with van der Waals surface area (Å²) in [7, 11) is 0. The minimum absolute atomic E-state index is 0.128. The first kappa shape index (κ1) is 16.2. The number of rotatable bonds is 7. The highest BCUT2D eigenvalue weighted by Crippen LogP contribution is 2.17. The number of carbonyl (C=O) groups is 3. The van der Waals surface area contributed by atoms with Crippen molar-refractivity contribution in [2.75, 3.05) is 6.54 Å². The molecule has 0 bridgehead atoms. The van der Waals surface area contributed by atoms with Crippen LogP contribution >= 0.6 is 11.3 Å². The molecule has 1 heterocycles. The van der Waals surface area contributed by atoms with Crippen molar-refractivity contribution < 1.29 is 24.6 Å². The van der Waals surface area contributed by atoms with E-state index in [9.17, 15) is 19.5 Å². The van der Waals surface area contributed by atoms with Crippen LogP contribution in [0.25, 0.3) is 0 Å². The molecule has 20 heavy (non-hydrogen) atoms. The molecule has 0 aromatic carbocycles. The SMILES string of the molecule is CCC(C(=O)O)N(CC(C)C(=O)O)C(=O)c1cccs1. The van der Waals surface area contributed by atoms with E-state index in [4.69, 9.17) is 5.11 Å². The molecular weight excluding hydrogens is 282 g/mol. The lowest BCUT2D eigenvalue weighted by atomic mass is 10.1. The number of thiophene rings is 1. The van der Waals surface area contributed by atoms with E-state index >= 15 is 0 Å². The van der Waals surface area contributed by atoms with Crippen molar-refractivity contribution in [2.45, 2.75) is 26.3 Å². The molecule has 0 aliphatic rings. The number of carbonyl (C=O) groups excluding carboxylic acids is 1. The minimum Gasteiger partial charge on any atom is -0.481 e. The third kappa shape index (κ3) is 3.80. The summed E-state index contributed by atoms with van der Waals surface area (Å²) in [6.45, 7) is 2.97. The zero-order chi connectivity index (χ0) is 15.3. The van der Waals surface area contributed by atoms with Gasteiger partial charge in [0.15, 0.2) is 0 Å². The van der Waals surface area contributed by atoms with E-state index in [2.05, 4.69) is 0 Å². The van der Waals surface area contributed by atoms with Crippen LogP contribution in [0, 0.1) is 5.92 Å². The molecule has 1 aromatic rings. The Kier molecular flexibility index (Phi) is 5.69. The maximum Gasteiger partial charge on any atom is 0.326 e. The van der Waals surface area contributed by atoms with Crippen LogP contribution in [0.3, 0.4) is 0 Å². The first-order chi connectivity index (χ1) is 9.38. The topological polar surface area (TPSA) is 94.9 Å². The predicted molar refractivity (Wildman–Crippen MR) is 73.9 cm³/mol. The molecule has 0 radical (unpaired) electrons. The molecule has 110 valence electrons. The van der Waals surface area contributed by atoms with E-state index < -0.39 is 29.8 Å². The Morgan fingerprint density at radius 1 is 1.30 bits per heavy atom. The number of hydrogen-bond acceptors (Lipinski definition) is 4. The van der Waals surface area contributed by atoms with Crippen molar-refractivity contribution in [3.8, 4) is 0 Å². The van der Waals surface area contributed by atoms with Crippen LogP contribution in [-0.4, -0.2) is 45.5 Å². The summed E-state index contributed by atoms with van der Waals surface area (Å²) >= 11 is 1.20. The molecule has 0 fully saturated rings. The second-order valence-corrected chi connectivity index (χ2v) is 5.38. The third-order valence-electron chi connectivity index (χ3n) is 2.93. The van der Waals surface area contributed by atoms with Crippen LogP contribution in [-0.2, 0) is 9.59 Å². The van der Waals surface area contributed by atoms with Gasteiger partial charge in [-0.25, -0.2) is 4.79 Å². The molecule has 7 heteroatoms. The van der Waals surface area contributed by atoms with Crippen LogP contribution in [0.4, 0.5) is 0 Å². The van der Waals surface area contributed by atoms with Gasteiger partial charge in [0.2, 0.25) is 0 Å². The van der Waals surface area contributed by atoms with Crippen molar-refractivity contribution in [1.29, 1.82) is 0 Å². The number of carboxylic acids is 2. The van der Waals surface area contributed by atoms with Crippen LogP contribution in [0.2, 0.25) is 0 Å². The molecule has 0 aliphatic carbocycles. The zero-order valence-corrected chi connectivity index (χ0v) is 12.1. The number of nitrogens with zero attached hydrogens (tertiary/aromatic N) is 1. The number of amides is 1. The number of carboxylic acid groups (broad SMARTS) is 2. The fourth-order valence-corrected chi connectivity index (χ4v) is 2.47. The Bertz CT molecular complexity index is 485. The Hall–Kier alpha value is -1.89. The van der Waals surface area contributed by atoms with Gasteiger partial charge in [-0.05, 0) is 17.9 Å². The van der Waals surface area contributed by atoms with E-state index in [0.717, 1.165) is 4.90 Å². The van der Waals surface area contributed by atoms with Gasteiger partial charge in [0.25, 0.3) is 5.91 Å². The molecule has 1 rings (SSSR count). The van der Waals surface area contributed by atoms with Crippen molar-refractivity contribution in [2.24, 2.45) is 5.92 Å². The smallest absolute Gasteiger partial charge is 0.326 e. The molecule has 6 nitrogen and oxygen atoms in total. The fourth-order valence-electron chi connectivity index (χ4n) is 1.79. The normalized spacial score (nSPS) is 13.5. The average molecular weight is 299 g/mol. The maximum atomic E-state index is 12.3. The van der Waals surface area contributed by atoms with Crippen LogP contribution < -0.4 is 0 Å². The summed E-state index contributed by atoms with van der Waals surface area (Å²) < 4.78 is 0. The van der Waals surface area contributed by atoms with Gasteiger partial charge >= 0.3 is 11.9 Å². The molecule has 1 amide bonds. The standard InChI is InChI=1S/C13H17NO5S/c1-3-9(13(18)19)14(7-8(2)12(16)17)11(15)10-5-4-6-20-10/h4-6,8-9H,3,7H2,1-2H3,(H,16,17)(H,18,19). The van der Waals surface area contributed by atoms with Crippen molar-refractivity contribution in [3.05, 3.63) is 22.4 Å². The van der Waals surface area contributed by atoms with Gasteiger partial charge in [0.1, 0.15) is 6.04 Å². The maximum absolute atomic E-state index is 12.3. The molecule has 1 aromatic heterocycles. The summed E-state index contributed by atoms with van der Waals surface area (Å²) in [6, 6.07) is 2.27. The van der Waals surface area contributed by atoms with Gasteiger partial charge in [0.05, 0.1) is 10.8 Å². The Morgan fingerprint density at radius 2 is 1.95 bits per heavy atom. The third-order valence-corrected chi connectivity index (χ3v) is 3.79. The first-order valence-corrected chi connectivity index (χ1v) is 7.06. The van der Waals surface area contributed by atoms with Gasteiger partial charge < -0.3 is 15.1 Å².